The molecule has 1 aliphatic heterocycles. The quantitative estimate of drug-likeness (QED) is 0.541. The molecule has 2 aliphatic rings. The molecular weight excluding hydrogens is 374 g/mol. The number of hydrogen-bond donors (Lipinski definition) is 2. The van der Waals surface area contributed by atoms with Gasteiger partial charge in [-0.2, -0.15) is 5.10 Å². The molecule has 1 atom stereocenters. The number of methoxy groups -OCH3 is 1. The molecule has 160 valence electrons. The van der Waals surface area contributed by atoms with Crippen LogP contribution in [0.15, 0.2) is 6.07 Å². The van der Waals surface area contributed by atoms with E-state index in [1.54, 1.807) is 21.1 Å². The summed E-state index contributed by atoms with van der Waals surface area (Å²) in [6, 6.07) is 1.62. The third kappa shape index (κ3) is 4.44. The predicted octanol–water partition coefficient (Wildman–Crippen LogP) is 0.943. The Kier molecular flexibility index (Phi) is 6.56. The Hall–Kier alpha value is -2.42. The highest BCUT2D eigenvalue weighted by Crippen LogP contribution is 2.27. The van der Waals surface area contributed by atoms with Crippen molar-refractivity contribution in [2.45, 2.75) is 63.6 Å². The standard InChI is InChI=1S/C20H31N5O4/c1-20(19(28)22-14-8-6-4-5-7-9-14)13-25-16(18(27)24(20)2)12-15(23-25)17(26)21-10-11-29-3/h12,14H,4-11,13H2,1-3H3,(H,21,26)(H,22,28)/t20-/m0/s1. The molecule has 1 saturated carbocycles. The number of carbonyl (C=O) groups excluding carboxylic acids is 3. The van der Waals surface area contributed by atoms with Crippen LogP contribution in [-0.2, 0) is 16.1 Å². The van der Waals surface area contributed by atoms with Crippen molar-refractivity contribution in [1.82, 2.24) is 25.3 Å². The number of amides is 3. The van der Waals surface area contributed by atoms with Gasteiger partial charge in [0.15, 0.2) is 5.69 Å². The predicted molar refractivity (Wildman–Crippen MR) is 107 cm³/mol. The van der Waals surface area contributed by atoms with Crippen molar-refractivity contribution >= 4 is 17.7 Å². The van der Waals surface area contributed by atoms with Crippen LogP contribution < -0.4 is 10.6 Å². The fourth-order valence-corrected chi connectivity index (χ4v) is 3.96. The third-order valence-electron chi connectivity index (χ3n) is 6.01. The van der Waals surface area contributed by atoms with Crippen molar-refractivity contribution in [2.24, 2.45) is 0 Å². The number of rotatable bonds is 6. The van der Waals surface area contributed by atoms with E-state index in [1.807, 2.05) is 0 Å². The molecular formula is C20H31N5O4. The monoisotopic (exact) mass is 405 g/mol. The minimum atomic E-state index is -1.06. The largest absolute Gasteiger partial charge is 0.383 e. The highest BCUT2D eigenvalue weighted by atomic mass is 16.5. The van der Waals surface area contributed by atoms with E-state index >= 15 is 0 Å². The smallest absolute Gasteiger partial charge is 0.272 e. The molecule has 0 saturated heterocycles. The maximum absolute atomic E-state index is 13.1. The molecule has 0 spiro atoms. The highest BCUT2D eigenvalue weighted by molar-refractivity contribution is 6.01. The molecule has 0 bridgehead atoms. The van der Waals surface area contributed by atoms with Crippen LogP contribution in [0.3, 0.4) is 0 Å². The second-order valence-corrected chi connectivity index (χ2v) is 8.12. The van der Waals surface area contributed by atoms with Crippen molar-refractivity contribution in [3.8, 4) is 0 Å². The second kappa shape index (κ2) is 8.94. The summed E-state index contributed by atoms with van der Waals surface area (Å²) in [7, 11) is 3.18. The molecule has 9 nitrogen and oxygen atoms in total. The van der Waals surface area contributed by atoms with Crippen LogP contribution in [0.5, 0.6) is 0 Å². The van der Waals surface area contributed by atoms with E-state index in [-0.39, 0.29) is 36.0 Å². The summed E-state index contributed by atoms with van der Waals surface area (Å²) >= 11 is 0. The molecule has 3 rings (SSSR count). The molecule has 29 heavy (non-hydrogen) atoms. The summed E-state index contributed by atoms with van der Waals surface area (Å²) in [6.45, 7) is 2.70. The lowest BCUT2D eigenvalue weighted by Gasteiger charge is -2.41. The van der Waals surface area contributed by atoms with Crippen LogP contribution in [0, 0.1) is 0 Å². The Bertz CT molecular complexity index is 769. The molecule has 9 heteroatoms. The molecule has 3 amide bonds. The third-order valence-corrected chi connectivity index (χ3v) is 6.01. The molecule has 1 fully saturated rings. The molecule has 2 N–H and O–H groups in total. The average molecular weight is 405 g/mol. The van der Waals surface area contributed by atoms with Crippen molar-refractivity contribution in [3.05, 3.63) is 17.5 Å². The summed E-state index contributed by atoms with van der Waals surface area (Å²) in [6.07, 6.45) is 6.57. The van der Waals surface area contributed by atoms with Gasteiger partial charge >= 0.3 is 0 Å². The number of carbonyl (C=O) groups is 3. The van der Waals surface area contributed by atoms with Crippen LogP contribution in [-0.4, -0.2) is 71.3 Å². The van der Waals surface area contributed by atoms with Crippen molar-refractivity contribution in [3.63, 3.8) is 0 Å². The van der Waals surface area contributed by atoms with Gasteiger partial charge < -0.3 is 20.3 Å². The first kappa shape index (κ1) is 21.3. The molecule has 1 aromatic rings. The first-order valence-corrected chi connectivity index (χ1v) is 10.3. The van der Waals surface area contributed by atoms with Crippen molar-refractivity contribution in [2.75, 3.05) is 27.3 Å². The minimum absolute atomic E-state index is 0.145. The SMILES string of the molecule is COCCNC(=O)c1cc2n(n1)C[C@@](C)(C(=O)NC1CCCCCC1)N(C)C2=O. The molecule has 0 aromatic carbocycles. The first-order valence-electron chi connectivity index (χ1n) is 10.3. The van der Waals surface area contributed by atoms with Gasteiger partial charge in [0.2, 0.25) is 5.91 Å². The number of aromatic nitrogens is 2. The maximum atomic E-state index is 13.1. The lowest BCUT2D eigenvalue weighted by atomic mass is 9.95. The maximum Gasteiger partial charge on any atom is 0.272 e. The van der Waals surface area contributed by atoms with E-state index in [0.717, 1.165) is 25.7 Å². The Balaban J connectivity index is 1.75. The van der Waals surface area contributed by atoms with Gasteiger partial charge in [-0.25, -0.2) is 0 Å². The molecule has 1 aliphatic carbocycles. The van der Waals surface area contributed by atoms with Gasteiger partial charge in [0.05, 0.1) is 13.2 Å². The van der Waals surface area contributed by atoms with Crippen LogP contribution in [0.2, 0.25) is 0 Å². The van der Waals surface area contributed by atoms with Gasteiger partial charge in [-0.05, 0) is 19.8 Å². The minimum Gasteiger partial charge on any atom is -0.383 e. The van der Waals surface area contributed by atoms with Gasteiger partial charge in [0.25, 0.3) is 11.8 Å². The number of ether oxygens (including phenoxy) is 1. The van der Waals surface area contributed by atoms with Crippen LogP contribution >= 0.6 is 0 Å². The average Bonchev–Trinajstić information content (AvgIpc) is 2.95. The second-order valence-electron chi connectivity index (χ2n) is 8.12. The summed E-state index contributed by atoms with van der Waals surface area (Å²) in [5.41, 5.74) is -0.595. The van der Waals surface area contributed by atoms with Crippen LogP contribution in [0.1, 0.15) is 66.4 Å². The summed E-state index contributed by atoms with van der Waals surface area (Å²) < 4.78 is 6.39. The van der Waals surface area contributed by atoms with Crippen LogP contribution in [0.4, 0.5) is 0 Å². The Morgan fingerprint density at radius 1 is 1.28 bits per heavy atom. The highest BCUT2D eigenvalue weighted by Gasteiger charge is 2.46. The van der Waals surface area contributed by atoms with Crippen molar-refractivity contribution in [1.29, 1.82) is 0 Å². The van der Waals surface area contributed by atoms with Gasteiger partial charge in [0, 0.05) is 32.8 Å². The number of fused-ring (bicyclic) bond motifs is 1. The Morgan fingerprint density at radius 3 is 2.62 bits per heavy atom. The van der Waals surface area contributed by atoms with Crippen LogP contribution in [0.25, 0.3) is 0 Å². The number of nitrogens with zero attached hydrogens (tertiary/aromatic N) is 3. The first-order chi connectivity index (χ1) is 13.9. The van der Waals surface area contributed by atoms with Gasteiger partial charge in [-0.3, -0.25) is 19.1 Å². The summed E-state index contributed by atoms with van der Waals surface area (Å²) in [4.78, 5) is 39.8. The Morgan fingerprint density at radius 2 is 1.97 bits per heavy atom. The molecule has 2 heterocycles. The zero-order valence-corrected chi connectivity index (χ0v) is 17.5. The van der Waals surface area contributed by atoms with Gasteiger partial charge in [-0.15, -0.1) is 0 Å². The summed E-state index contributed by atoms with van der Waals surface area (Å²) in [5.74, 6) is -0.866. The lowest BCUT2D eigenvalue weighted by Crippen LogP contribution is -2.63. The number of likely N-dealkylation sites (N-methyl/N-ethyl adjacent to an activating group) is 1. The fourth-order valence-electron chi connectivity index (χ4n) is 3.96. The van der Waals surface area contributed by atoms with Gasteiger partial charge in [-0.1, -0.05) is 25.7 Å². The molecule has 0 radical (unpaired) electrons. The van der Waals surface area contributed by atoms with E-state index in [9.17, 15) is 14.4 Å². The molecule has 0 unspecified atom stereocenters. The van der Waals surface area contributed by atoms with E-state index in [1.165, 1.54) is 28.5 Å². The fraction of sp³-hybridized carbons (Fsp3) is 0.700. The zero-order valence-electron chi connectivity index (χ0n) is 17.5. The normalized spacial score (nSPS) is 22.7. The Labute approximate surface area is 171 Å². The van der Waals surface area contributed by atoms with Crippen molar-refractivity contribution < 1.29 is 19.1 Å². The summed E-state index contributed by atoms with van der Waals surface area (Å²) in [5, 5.41) is 10.1. The molecule has 1 aromatic heterocycles. The van der Waals surface area contributed by atoms with E-state index in [4.69, 9.17) is 4.74 Å². The topological polar surface area (TPSA) is 106 Å². The lowest BCUT2D eigenvalue weighted by molar-refractivity contribution is -0.133. The number of nitrogens with one attached hydrogen (secondary N) is 2. The van der Waals surface area contributed by atoms with E-state index < -0.39 is 5.54 Å². The van der Waals surface area contributed by atoms with E-state index in [2.05, 4.69) is 15.7 Å². The number of hydrogen-bond acceptors (Lipinski definition) is 5. The van der Waals surface area contributed by atoms with E-state index in [0.29, 0.717) is 18.8 Å². The van der Waals surface area contributed by atoms with Gasteiger partial charge in [0.1, 0.15) is 11.2 Å². The zero-order chi connectivity index (χ0) is 21.0.